The van der Waals surface area contributed by atoms with Gasteiger partial charge in [-0.3, -0.25) is 4.79 Å². The maximum absolute atomic E-state index is 12.3. The van der Waals surface area contributed by atoms with E-state index in [4.69, 9.17) is 15.2 Å². The predicted molar refractivity (Wildman–Crippen MR) is 87.3 cm³/mol. The minimum Gasteiger partial charge on any atom is -0.493 e. The number of nitrogens with two attached hydrogens (primary N) is 1. The minimum atomic E-state index is -0.669. The number of nitrogens with one attached hydrogen (secondary N) is 1. The van der Waals surface area contributed by atoms with Crippen LogP contribution in [-0.4, -0.2) is 19.1 Å². The van der Waals surface area contributed by atoms with E-state index in [1.807, 2.05) is 25.1 Å². The van der Waals surface area contributed by atoms with Crippen LogP contribution >= 0.6 is 0 Å². The Balaban J connectivity index is 2.07. The van der Waals surface area contributed by atoms with Gasteiger partial charge in [0.1, 0.15) is 0 Å². The quantitative estimate of drug-likeness (QED) is 0.833. The zero-order valence-electron chi connectivity index (χ0n) is 12.9. The van der Waals surface area contributed by atoms with Crippen LogP contribution in [0.5, 0.6) is 11.5 Å². The van der Waals surface area contributed by atoms with E-state index in [-0.39, 0.29) is 5.91 Å². The largest absolute Gasteiger partial charge is 0.493 e. The van der Waals surface area contributed by atoms with Gasteiger partial charge in [0.2, 0.25) is 0 Å². The second kappa shape index (κ2) is 6.85. The van der Waals surface area contributed by atoms with Crippen LogP contribution in [0.3, 0.4) is 0 Å². The van der Waals surface area contributed by atoms with Crippen molar-refractivity contribution in [3.63, 3.8) is 0 Å². The lowest BCUT2D eigenvalue weighted by atomic mass is 10.1. The average molecular weight is 300 g/mol. The van der Waals surface area contributed by atoms with E-state index in [9.17, 15) is 4.79 Å². The number of hydrogen-bond donors (Lipinski definition) is 2. The van der Waals surface area contributed by atoms with Crippen molar-refractivity contribution in [2.45, 2.75) is 20.0 Å². The van der Waals surface area contributed by atoms with E-state index < -0.39 is 6.10 Å². The zero-order chi connectivity index (χ0) is 16.1. The fourth-order valence-corrected chi connectivity index (χ4v) is 1.97. The molecule has 0 radical (unpaired) electrons. The molecule has 0 aliphatic rings. The fraction of sp³-hybridized carbons (Fsp3) is 0.235. The molecule has 1 amide bonds. The molecule has 3 N–H and O–H groups in total. The van der Waals surface area contributed by atoms with Crippen LogP contribution in [0.25, 0.3) is 0 Å². The highest BCUT2D eigenvalue weighted by Crippen LogP contribution is 2.27. The number of para-hydroxylation sites is 2. The molecule has 1 atom stereocenters. The highest BCUT2D eigenvalue weighted by molar-refractivity contribution is 5.95. The Kier molecular flexibility index (Phi) is 4.88. The van der Waals surface area contributed by atoms with Crippen LogP contribution in [0.1, 0.15) is 12.5 Å². The van der Waals surface area contributed by atoms with Crippen LogP contribution in [0.4, 0.5) is 11.4 Å². The Morgan fingerprint density at radius 2 is 1.86 bits per heavy atom. The smallest absolute Gasteiger partial charge is 0.265 e. The van der Waals surface area contributed by atoms with E-state index in [0.717, 1.165) is 5.56 Å². The lowest BCUT2D eigenvalue weighted by Crippen LogP contribution is -2.30. The molecule has 2 rings (SSSR count). The summed E-state index contributed by atoms with van der Waals surface area (Å²) in [5.74, 6) is 0.860. The normalized spacial score (nSPS) is 11.6. The van der Waals surface area contributed by atoms with Gasteiger partial charge in [-0.2, -0.15) is 0 Å². The van der Waals surface area contributed by atoms with E-state index in [2.05, 4.69) is 5.32 Å². The minimum absolute atomic E-state index is 0.250. The molecule has 0 spiro atoms. The second-order valence-corrected chi connectivity index (χ2v) is 4.97. The van der Waals surface area contributed by atoms with Gasteiger partial charge >= 0.3 is 0 Å². The summed E-state index contributed by atoms with van der Waals surface area (Å²) in [5.41, 5.74) is 7.96. The molecule has 116 valence electrons. The molecule has 0 fully saturated rings. The lowest BCUT2D eigenvalue weighted by molar-refractivity contribution is -0.122. The molecular weight excluding hydrogens is 280 g/mol. The molecule has 0 saturated carbocycles. The molecule has 0 heterocycles. The Morgan fingerprint density at radius 1 is 1.18 bits per heavy atom. The maximum Gasteiger partial charge on any atom is 0.265 e. The van der Waals surface area contributed by atoms with Gasteiger partial charge in [-0.1, -0.05) is 18.2 Å². The van der Waals surface area contributed by atoms with Crippen molar-refractivity contribution in [3.05, 3.63) is 48.0 Å². The van der Waals surface area contributed by atoms with Crippen molar-refractivity contribution >= 4 is 17.3 Å². The number of methoxy groups -OCH3 is 1. The molecule has 0 unspecified atom stereocenters. The summed E-state index contributed by atoms with van der Waals surface area (Å²) in [6.07, 6.45) is -0.669. The van der Waals surface area contributed by atoms with Crippen LogP contribution in [0, 0.1) is 6.92 Å². The first-order valence-corrected chi connectivity index (χ1v) is 6.98. The summed E-state index contributed by atoms with van der Waals surface area (Å²) in [4.78, 5) is 12.3. The van der Waals surface area contributed by atoms with E-state index in [0.29, 0.717) is 22.9 Å². The van der Waals surface area contributed by atoms with Crippen LogP contribution in [0.15, 0.2) is 42.5 Å². The number of hydrogen-bond acceptors (Lipinski definition) is 4. The molecule has 0 aromatic heterocycles. The second-order valence-electron chi connectivity index (χ2n) is 4.97. The monoisotopic (exact) mass is 300 g/mol. The van der Waals surface area contributed by atoms with Crippen molar-refractivity contribution in [1.29, 1.82) is 0 Å². The summed E-state index contributed by atoms with van der Waals surface area (Å²) < 4.78 is 10.9. The molecular formula is C17H20N2O3. The van der Waals surface area contributed by atoms with Crippen molar-refractivity contribution in [2.75, 3.05) is 18.2 Å². The number of carbonyl (C=O) groups is 1. The number of benzene rings is 2. The third-order valence-electron chi connectivity index (χ3n) is 3.26. The first kappa shape index (κ1) is 15.7. The number of ether oxygens (including phenoxy) is 2. The van der Waals surface area contributed by atoms with Gasteiger partial charge in [-0.15, -0.1) is 0 Å². The first-order chi connectivity index (χ1) is 10.5. The topological polar surface area (TPSA) is 73.6 Å². The van der Waals surface area contributed by atoms with Gasteiger partial charge in [0.25, 0.3) is 5.91 Å². The SMILES string of the molecule is COc1ccccc1O[C@@H](C)C(=O)Nc1cc(N)ccc1C. The van der Waals surface area contributed by atoms with Gasteiger partial charge in [-0.05, 0) is 43.7 Å². The van der Waals surface area contributed by atoms with Crippen molar-refractivity contribution < 1.29 is 14.3 Å². The van der Waals surface area contributed by atoms with E-state index in [1.165, 1.54) is 0 Å². The summed E-state index contributed by atoms with van der Waals surface area (Å²) in [6.45, 7) is 3.59. The zero-order valence-corrected chi connectivity index (χ0v) is 12.9. The Morgan fingerprint density at radius 3 is 2.55 bits per heavy atom. The molecule has 2 aromatic rings. The van der Waals surface area contributed by atoms with Gasteiger partial charge in [0, 0.05) is 11.4 Å². The molecule has 0 bridgehead atoms. The number of nitrogen functional groups attached to an aromatic ring is 1. The van der Waals surface area contributed by atoms with Gasteiger partial charge < -0.3 is 20.5 Å². The van der Waals surface area contributed by atoms with Crippen LogP contribution < -0.4 is 20.5 Å². The maximum atomic E-state index is 12.3. The number of anilines is 2. The van der Waals surface area contributed by atoms with Crippen LogP contribution in [-0.2, 0) is 4.79 Å². The average Bonchev–Trinajstić information content (AvgIpc) is 2.51. The van der Waals surface area contributed by atoms with Crippen LogP contribution in [0.2, 0.25) is 0 Å². The molecule has 5 nitrogen and oxygen atoms in total. The van der Waals surface area contributed by atoms with Gasteiger partial charge in [-0.25, -0.2) is 0 Å². The molecule has 0 saturated heterocycles. The van der Waals surface area contributed by atoms with E-state index in [1.54, 1.807) is 38.3 Å². The van der Waals surface area contributed by atoms with Gasteiger partial charge in [0.05, 0.1) is 7.11 Å². The third kappa shape index (κ3) is 3.69. The number of amides is 1. The molecule has 22 heavy (non-hydrogen) atoms. The van der Waals surface area contributed by atoms with Crippen molar-refractivity contribution in [3.8, 4) is 11.5 Å². The number of carbonyl (C=O) groups excluding carboxylic acids is 1. The highest BCUT2D eigenvalue weighted by atomic mass is 16.5. The fourth-order valence-electron chi connectivity index (χ4n) is 1.97. The molecule has 2 aromatic carbocycles. The van der Waals surface area contributed by atoms with Gasteiger partial charge in [0.15, 0.2) is 17.6 Å². The first-order valence-electron chi connectivity index (χ1n) is 6.98. The third-order valence-corrected chi connectivity index (χ3v) is 3.26. The number of rotatable bonds is 5. The summed E-state index contributed by atoms with van der Waals surface area (Å²) in [7, 11) is 1.56. The van der Waals surface area contributed by atoms with Crippen molar-refractivity contribution in [1.82, 2.24) is 0 Å². The molecule has 5 heteroatoms. The Labute approximate surface area is 130 Å². The van der Waals surface area contributed by atoms with E-state index >= 15 is 0 Å². The lowest BCUT2D eigenvalue weighted by Gasteiger charge is -2.17. The Bertz CT molecular complexity index is 671. The summed E-state index contributed by atoms with van der Waals surface area (Å²) in [5, 5.41) is 2.82. The highest BCUT2D eigenvalue weighted by Gasteiger charge is 2.17. The molecule has 0 aliphatic carbocycles. The predicted octanol–water partition coefficient (Wildman–Crippen LogP) is 2.99. The summed E-state index contributed by atoms with van der Waals surface area (Å²) >= 11 is 0. The van der Waals surface area contributed by atoms with Crippen molar-refractivity contribution in [2.24, 2.45) is 0 Å². The summed E-state index contributed by atoms with van der Waals surface area (Å²) in [6, 6.07) is 12.6. The molecule has 0 aliphatic heterocycles. The standard InChI is InChI=1S/C17H20N2O3/c1-11-8-9-13(18)10-14(11)19-17(20)12(2)22-16-7-5-4-6-15(16)21-3/h4-10,12H,18H2,1-3H3,(H,19,20)/t12-/m0/s1. The number of aryl methyl sites for hydroxylation is 1. The Hall–Kier alpha value is -2.69.